The van der Waals surface area contributed by atoms with Gasteiger partial charge in [0.25, 0.3) is 5.56 Å². The fourth-order valence-corrected chi connectivity index (χ4v) is 5.08. The Hall–Kier alpha value is -2.17. The molecule has 8 nitrogen and oxygen atoms in total. The molecule has 154 valence electrons. The number of hydrogen-bond acceptors (Lipinski definition) is 8. The molecule has 1 amide bonds. The fourth-order valence-electron chi connectivity index (χ4n) is 3.12. The molecule has 0 radical (unpaired) electrons. The van der Waals surface area contributed by atoms with E-state index in [9.17, 15) is 9.59 Å². The Bertz CT molecular complexity index is 995. The number of amides is 1. The lowest BCUT2D eigenvalue weighted by molar-refractivity contribution is -0.113. The van der Waals surface area contributed by atoms with Crippen molar-refractivity contribution in [3.8, 4) is 11.5 Å². The summed E-state index contributed by atoms with van der Waals surface area (Å²) in [6.07, 6.45) is 0.761. The van der Waals surface area contributed by atoms with E-state index in [0.29, 0.717) is 45.6 Å². The van der Waals surface area contributed by atoms with Crippen LogP contribution in [-0.2, 0) is 22.5 Å². The van der Waals surface area contributed by atoms with Crippen molar-refractivity contribution < 1.29 is 19.0 Å². The van der Waals surface area contributed by atoms with Gasteiger partial charge in [-0.1, -0.05) is 18.7 Å². The Balaban J connectivity index is 1.47. The third kappa shape index (κ3) is 4.39. The molecule has 0 spiro atoms. The van der Waals surface area contributed by atoms with Crippen molar-refractivity contribution in [2.24, 2.45) is 0 Å². The van der Waals surface area contributed by atoms with Crippen LogP contribution in [0.1, 0.15) is 12.6 Å². The van der Waals surface area contributed by atoms with Crippen LogP contribution in [0, 0.1) is 0 Å². The summed E-state index contributed by atoms with van der Waals surface area (Å²) in [4.78, 5) is 30.7. The number of nitrogens with zero attached hydrogens (tertiary/aromatic N) is 2. The third-order valence-electron chi connectivity index (χ3n) is 4.47. The van der Waals surface area contributed by atoms with Crippen LogP contribution in [0.25, 0.3) is 0 Å². The minimum atomic E-state index is -0.190. The number of hydrogen-bond donors (Lipinski definition) is 1. The Morgan fingerprint density at radius 1 is 1.41 bits per heavy atom. The molecule has 1 atom stereocenters. The van der Waals surface area contributed by atoms with E-state index in [1.54, 1.807) is 41.6 Å². The number of rotatable bonds is 7. The fraction of sp³-hybridized carbons (Fsp3) is 0.421. The van der Waals surface area contributed by atoms with Gasteiger partial charge in [0, 0.05) is 30.5 Å². The molecule has 10 heteroatoms. The lowest BCUT2D eigenvalue weighted by Crippen LogP contribution is -2.27. The average molecular weight is 436 g/mol. The predicted molar refractivity (Wildman–Crippen MR) is 111 cm³/mol. The molecule has 0 saturated heterocycles. The Kier molecular flexibility index (Phi) is 6.02. The Labute approximate surface area is 176 Å². The minimum absolute atomic E-state index is 0.0555. The first-order chi connectivity index (χ1) is 14.0. The van der Waals surface area contributed by atoms with E-state index in [4.69, 9.17) is 14.2 Å². The summed E-state index contributed by atoms with van der Waals surface area (Å²) in [6, 6.07) is 5.25. The monoisotopic (exact) mass is 435 g/mol. The highest BCUT2D eigenvalue weighted by atomic mass is 32.2. The molecule has 29 heavy (non-hydrogen) atoms. The number of aromatic nitrogens is 2. The van der Waals surface area contributed by atoms with Crippen molar-refractivity contribution in [2.45, 2.75) is 35.2 Å². The van der Waals surface area contributed by atoms with Gasteiger partial charge in [-0.15, -0.1) is 11.8 Å². The SMILES string of the molecule is COCCn1c(SCC(=O)Nc2ccc3c(c2)OCO3)nc2c(c1=O)S[C@@H](C)C2. The molecule has 0 bridgehead atoms. The molecular weight excluding hydrogens is 414 g/mol. The zero-order chi connectivity index (χ0) is 20.4. The molecule has 1 aromatic carbocycles. The molecule has 0 fully saturated rings. The Morgan fingerprint density at radius 3 is 3.07 bits per heavy atom. The zero-order valence-corrected chi connectivity index (χ0v) is 17.7. The maximum absolute atomic E-state index is 12.9. The van der Waals surface area contributed by atoms with Gasteiger partial charge in [-0.2, -0.15) is 0 Å². The van der Waals surface area contributed by atoms with Crippen LogP contribution in [-0.4, -0.2) is 47.0 Å². The predicted octanol–water partition coefficient (Wildman–Crippen LogP) is 2.39. The van der Waals surface area contributed by atoms with E-state index in [1.165, 1.54) is 11.8 Å². The lowest BCUT2D eigenvalue weighted by Gasteiger charge is -2.13. The lowest BCUT2D eigenvalue weighted by atomic mass is 10.2. The van der Waals surface area contributed by atoms with Crippen LogP contribution in [0.15, 0.2) is 33.0 Å². The number of ether oxygens (including phenoxy) is 3. The Morgan fingerprint density at radius 2 is 2.24 bits per heavy atom. The number of carbonyl (C=O) groups excluding carboxylic acids is 1. The standard InChI is InChI=1S/C19H21N3O5S2/c1-11-7-13-17(29-11)18(24)22(5-6-25-2)19(21-13)28-9-16(23)20-12-3-4-14-15(8-12)27-10-26-14/h3-4,8,11H,5-7,9-10H2,1-2H3,(H,20,23)/t11-/m0/s1. The van der Waals surface area contributed by atoms with E-state index < -0.39 is 0 Å². The first-order valence-corrected chi connectivity index (χ1v) is 11.0. The maximum Gasteiger partial charge on any atom is 0.268 e. The van der Waals surface area contributed by atoms with Gasteiger partial charge in [-0.05, 0) is 12.1 Å². The van der Waals surface area contributed by atoms with E-state index in [2.05, 4.69) is 17.2 Å². The maximum atomic E-state index is 12.9. The summed E-state index contributed by atoms with van der Waals surface area (Å²) in [6.45, 7) is 3.06. The molecule has 3 heterocycles. The van der Waals surface area contributed by atoms with E-state index in [-0.39, 0.29) is 24.0 Å². The molecule has 2 aliphatic heterocycles. The number of carbonyl (C=O) groups is 1. The van der Waals surface area contributed by atoms with Gasteiger partial charge in [0.2, 0.25) is 12.7 Å². The van der Waals surface area contributed by atoms with Crippen molar-refractivity contribution in [2.75, 3.05) is 31.6 Å². The van der Waals surface area contributed by atoms with E-state index >= 15 is 0 Å². The molecule has 1 N–H and O–H groups in total. The summed E-state index contributed by atoms with van der Waals surface area (Å²) in [5.74, 6) is 1.21. The molecule has 2 aliphatic rings. The normalized spacial score (nSPS) is 16.7. The van der Waals surface area contributed by atoms with Crippen molar-refractivity contribution in [1.82, 2.24) is 9.55 Å². The second-order valence-electron chi connectivity index (χ2n) is 6.66. The molecule has 2 aromatic rings. The van der Waals surface area contributed by atoms with Crippen LogP contribution in [0.4, 0.5) is 5.69 Å². The second kappa shape index (κ2) is 8.68. The number of thioether (sulfide) groups is 2. The van der Waals surface area contributed by atoms with E-state index in [0.717, 1.165) is 12.1 Å². The largest absolute Gasteiger partial charge is 0.454 e. The van der Waals surface area contributed by atoms with Crippen LogP contribution in [0.5, 0.6) is 11.5 Å². The summed E-state index contributed by atoms with van der Waals surface area (Å²) in [7, 11) is 1.59. The van der Waals surface area contributed by atoms with Crippen molar-refractivity contribution in [1.29, 1.82) is 0 Å². The van der Waals surface area contributed by atoms with Gasteiger partial charge in [-0.3, -0.25) is 14.2 Å². The summed E-state index contributed by atoms with van der Waals surface area (Å²) >= 11 is 2.81. The molecule has 0 saturated carbocycles. The highest BCUT2D eigenvalue weighted by Crippen LogP contribution is 2.35. The molecule has 4 rings (SSSR count). The number of nitrogens with one attached hydrogen (secondary N) is 1. The molecule has 0 unspecified atom stereocenters. The minimum Gasteiger partial charge on any atom is -0.454 e. The van der Waals surface area contributed by atoms with Gasteiger partial charge in [0.1, 0.15) is 0 Å². The number of fused-ring (bicyclic) bond motifs is 2. The van der Waals surface area contributed by atoms with Gasteiger partial charge in [-0.25, -0.2) is 4.98 Å². The van der Waals surface area contributed by atoms with Gasteiger partial charge in [0.15, 0.2) is 16.7 Å². The van der Waals surface area contributed by atoms with Crippen molar-refractivity contribution >= 4 is 35.1 Å². The van der Waals surface area contributed by atoms with E-state index in [1.807, 2.05) is 0 Å². The van der Waals surface area contributed by atoms with Crippen LogP contribution in [0.2, 0.25) is 0 Å². The second-order valence-corrected chi connectivity index (χ2v) is 9.05. The molecular formula is C19H21N3O5S2. The number of benzene rings is 1. The van der Waals surface area contributed by atoms with Gasteiger partial charge < -0.3 is 19.5 Å². The first kappa shape index (κ1) is 20.1. The quantitative estimate of drug-likeness (QED) is 0.524. The molecule has 0 aliphatic carbocycles. The van der Waals surface area contributed by atoms with Crippen molar-refractivity contribution in [3.05, 3.63) is 34.2 Å². The highest BCUT2D eigenvalue weighted by Gasteiger charge is 2.26. The smallest absolute Gasteiger partial charge is 0.268 e. The average Bonchev–Trinajstić information content (AvgIpc) is 3.31. The highest BCUT2D eigenvalue weighted by molar-refractivity contribution is 8.00. The van der Waals surface area contributed by atoms with Gasteiger partial charge in [0.05, 0.1) is 29.5 Å². The molecule has 1 aromatic heterocycles. The topological polar surface area (TPSA) is 91.7 Å². The van der Waals surface area contributed by atoms with Crippen LogP contribution < -0.4 is 20.3 Å². The van der Waals surface area contributed by atoms with Crippen molar-refractivity contribution in [3.63, 3.8) is 0 Å². The summed E-state index contributed by atoms with van der Waals surface area (Å²) in [5, 5.41) is 3.71. The zero-order valence-electron chi connectivity index (χ0n) is 16.1. The first-order valence-electron chi connectivity index (χ1n) is 9.16. The van der Waals surface area contributed by atoms with Gasteiger partial charge >= 0.3 is 0 Å². The third-order valence-corrected chi connectivity index (χ3v) is 6.66. The number of anilines is 1. The summed E-state index contributed by atoms with van der Waals surface area (Å²) < 4.78 is 17.3. The van der Waals surface area contributed by atoms with Crippen LogP contribution in [0.3, 0.4) is 0 Å². The van der Waals surface area contributed by atoms with Crippen LogP contribution >= 0.6 is 23.5 Å². The number of methoxy groups -OCH3 is 1. The summed E-state index contributed by atoms with van der Waals surface area (Å²) in [5.41, 5.74) is 1.39.